The number of carbonyl (C=O) groups is 1. The summed E-state index contributed by atoms with van der Waals surface area (Å²) in [7, 11) is 0. The summed E-state index contributed by atoms with van der Waals surface area (Å²) >= 11 is 0. The van der Waals surface area contributed by atoms with Gasteiger partial charge in [-0.25, -0.2) is 10.4 Å². The fourth-order valence-corrected chi connectivity index (χ4v) is 3.21. The van der Waals surface area contributed by atoms with Crippen LogP contribution in [0.25, 0.3) is 11.1 Å². The van der Waals surface area contributed by atoms with Gasteiger partial charge in [-0.15, -0.1) is 0 Å². The maximum Gasteiger partial charge on any atom is 0.289 e. The lowest BCUT2D eigenvalue weighted by Gasteiger charge is -2.27. The molecule has 10 nitrogen and oxygen atoms in total. The van der Waals surface area contributed by atoms with E-state index in [0.717, 1.165) is 13.1 Å². The number of rotatable bonds is 4. The van der Waals surface area contributed by atoms with Crippen LogP contribution in [0, 0.1) is 0 Å². The second-order valence-electron chi connectivity index (χ2n) is 6.34. The van der Waals surface area contributed by atoms with Gasteiger partial charge in [0.2, 0.25) is 5.95 Å². The van der Waals surface area contributed by atoms with Crippen molar-refractivity contribution in [1.29, 1.82) is 0 Å². The van der Waals surface area contributed by atoms with Crippen molar-refractivity contribution < 1.29 is 13.9 Å². The van der Waals surface area contributed by atoms with Gasteiger partial charge in [0, 0.05) is 51.5 Å². The largest absolute Gasteiger partial charge is 0.445 e. The molecule has 2 N–H and O–H groups in total. The summed E-state index contributed by atoms with van der Waals surface area (Å²) in [5.74, 6) is 1.18. The molecule has 2 aromatic heterocycles. The number of furan rings is 1. The third-order valence-corrected chi connectivity index (χ3v) is 4.57. The second kappa shape index (κ2) is 7.89. The molecule has 1 amide bonds. The van der Waals surface area contributed by atoms with E-state index < -0.39 is 0 Å². The normalized spacial score (nSPS) is 18.4. The highest BCUT2D eigenvalue weighted by atomic mass is 16.5. The molecule has 27 heavy (non-hydrogen) atoms. The molecule has 2 aliphatic rings. The Bertz CT molecular complexity index is 838. The lowest BCUT2D eigenvalue weighted by Crippen LogP contribution is -2.46. The van der Waals surface area contributed by atoms with Crippen molar-refractivity contribution in [1.82, 2.24) is 20.2 Å². The number of anilines is 2. The van der Waals surface area contributed by atoms with Gasteiger partial charge in [0.05, 0.1) is 13.2 Å². The minimum atomic E-state index is -0.122. The molecule has 0 unspecified atom stereocenters. The fourth-order valence-electron chi connectivity index (χ4n) is 3.21. The first-order valence-corrected chi connectivity index (χ1v) is 9.14. The molecule has 2 saturated heterocycles. The van der Waals surface area contributed by atoms with Crippen molar-refractivity contribution in [2.45, 2.75) is 6.92 Å². The van der Waals surface area contributed by atoms with E-state index in [4.69, 9.17) is 9.15 Å². The van der Waals surface area contributed by atoms with Crippen LogP contribution in [0.1, 0.15) is 17.5 Å². The standard InChI is InChI=1S/C17H23N7O3/c1-2-19-22-17-20-12-11-13(16(25)24-5-3-18-4-6-24)27-14(12)15(21-17)23-7-9-26-10-8-23/h2,11,18H,3-10H2,1H3,(H,20,21,22)/b19-2+. The van der Waals surface area contributed by atoms with Crippen LogP contribution in [-0.2, 0) is 4.74 Å². The molecule has 0 atom stereocenters. The highest BCUT2D eigenvalue weighted by molar-refractivity contribution is 5.97. The lowest BCUT2D eigenvalue weighted by molar-refractivity contribution is 0.0706. The number of carbonyl (C=O) groups excluding carboxylic acids is 1. The number of nitrogens with zero attached hydrogens (tertiary/aromatic N) is 5. The molecule has 0 aromatic carbocycles. The molecular formula is C17H23N7O3. The molecule has 0 spiro atoms. The second-order valence-corrected chi connectivity index (χ2v) is 6.34. The van der Waals surface area contributed by atoms with Gasteiger partial charge in [-0.1, -0.05) is 0 Å². The number of ether oxygens (including phenoxy) is 1. The van der Waals surface area contributed by atoms with Crippen LogP contribution in [0.15, 0.2) is 15.6 Å². The number of amides is 1. The van der Waals surface area contributed by atoms with Gasteiger partial charge in [0.15, 0.2) is 17.2 Å². The monoisotopic (exact) mass is 373 g/mol. The Balaban J connectivity index is 1.71. The summed E-state index contributed by atoms with van der Waals surface area (Å²) in [6.45, 7) is 7.34. The first kappa shape index (κ1) is 17.7. The van der Waals surface area contributed by atoms with E-state index in [1.54, 1.807) is 24.1 Å². The van der Waals surface area contributed by atoms with Gasteiger partial charge in [-0.05, 0) is 6.92 Å². The van der Waals surface area contributed by atoms with Crippen molar-refractivity contribution in [2.24, 2.45) is 5.10 Å². The van der Waals surface area contributed by atoms with E-state index in [9.17, 15) is 4.79 Å². The summed E-state index contributed by atoms with van der Waals surface area (Å²) in [5, 5.41) is 7.23. The lowest BCUT2D eigenvalue weighted by atomic mass is 10.3. The molecule has 0 aliphatic carbocycles. The smallest absolute Gasteiger partial charge is 0.289 e. The zero-order valence-electron chi connectivity index (χ0n) is 15.3. The molecule has 4 heterocycles. The minimum Gasteiger partial charge on any atom is -0.445 e. The van der Waals surface area contributed by atoms with Crippen molar-refractivity contribution in [2.75, 3.05) is 62.8 Å². The van der Waals surface area contributed by atoms with Crippen LogP contribution in [0.2, 0.25) is 0 Å². The van der Waals surface area contributed by atoms with Crippen LogP contribution in [0.4, 0.5) is 11.8 Å². The van der Waals surface area contributed by atoms with Crippen molar-refractivity contribution in [3.05, 3.63) is 11.8 Å². The molecule has 0 bridgehead atoms. The number of nitrogens with one attached hydrogen (secondary N) is 2. The molecular weight excluding hydrogens is 350 g/mol. The molecule has 144 valence electrons. The van der Waals surface area contributed by atoms with Crippen molar-refractivity contribution in [3.63, 3.8) is 0 Å². The Morgan fingerprint density at radius 1 is 1.26 bits per heavy atom. The summed E-state index contributed by atoms with van der Waals surface area (Å²) in [4.78, 5) is 25.7. The summed E-state index contributed by atoms with van der Waals surface area (Å²) in [6.07, 6.45) is 1.62. The summed E-state index contributed by atoms with van der Waals surface area (Å²) in [6, 6.07) is 1.69. The number of hydrazone groups is 1. The molecule has 2 aromatic rings. The number of fused-ring (bicyclic) bond motifs is 1. The number of hydrogen-bond donors (Lipinski definition) is 2. The summed E-state index contributed by atoms with van der Waals surface area (Å²) in [5.41, 5.74) is 3.91. The highest BCUT2D eigenvalue weighted by Crippen LogP contribution is 2.29. The maximum atomic E-state index is 12.8. The Morgan fingerprint density at radius 2 is 2.04 bits per heavy atom. The first-order chi connectivity index (χ1) is 13.3. The molecule has 2 aliphatic heterocycles. The van der Waals surface area contributed by atoms with Crippen molar-refractivity contribution >= 4 is 35.0 Å². The SMILES string of the molecule is C/C=N/Nc1nc(N2CCOCC2)c2oc(C(=O)N3CCNCC3)cc2n1. The predicted molar refractivity (Wildman–Crippen MR) is 101 cm³/mol. The van der Waals surface area contributed by atoms with Crippen LogP contribution in [0.3, 0.4) is 0 Å². The maximum absolute atomic E-state index is 12.8. The van der Waals surface area contributed by atoms with Gasteiger partial charge in [-0.2, -0.15) is 10.1 Å². The zero-order valence-corrected chi connectivity index (χ0v) is 15.3. The topological polar surface area (TPSA) is 108 Å². The number of hydrogen-bond acceptors (Lipinski definition) is 9. The number of morpholine rings is 1. The summed E-state index contributed by atoms with van der Waals surface area (Å²) < 4.78 is 11.4. The van der Waals surface area contributed by atoms with Crippen LogP contribution >= 0.6 is 0 Å². The Morgan fingerprint density at radius 3 is 2.78 bits per heavy atom. The van der Waals surface area contributed by atoms with E-state index in [2.05, 4.69) is 30.7 Å². The third-order valence-electron chi connectivity index (χ3n) is 4.57. The fraction of sp³-hybridized carbons (Fsp3) is 0.529. The van der Waals surface area contributed by atoms with Crippen molar-refractivity contribution in [3.8, 4) is 0 Å². The van der Waals surface area contributed by atoms with Gasteiger partial charge in [0.1, 0.15) is 5.52 Å². The average Bonchev–Trinajstić information content (AvgIpc) is 3.16. The Hall–Kier alpha value is -2.72. The van der Waals surface area contributed by atoms with Gasteiger partial charge >= 0.3 is 0 Å². The third kappa shape index (κ3) is 3.71. The van der Waals surface area contributed by atoms with E-state index in [-0.39, 0.29) is 11.7 Å². The van der Waals surface area contributed by atoms with Crippen LogP contribution < -0.4 is 15.6 Å². The van der Waals surface area contributed by atoms with Gasteiger partial charge in [0.25, 0.3) is 5.91 Å². The minimum absolute atomic E-state index is 0.122. The van der Waals surface area contributed by atoms with Gasteiger partial charge in [-0.3, -0.25) is 4.79 Å². The van der Waals surface area contributed by atoms with E-state index >= 15 is 0 Å². The molecule has 4 rings (SSSR count). The first-order valence-electron chi connectivity index (χ1n) is 9.14. The number of aromatic nitrogens is 2. The Kier molecular flexibility index (Phi) is 5.16. The zero-order chi connectivity index (χ0) is 18.6. The molecule has 0 saturated carbocycles. The average molecular weight is 373 g/mol. The quantitative estimate of drug-likeness (QED) is 0.590. The molecule has 0 radical (unpaired) electrons. The van der Waals surface area contributed by atoms with Crippen LogP contribution in [-0.4, -0.2) is 79.5 Å². The highest BCUT2D eigenvalue weighted by Gasteiger charge is 2.25. The van der Waals surface area contributed by atoms with E-state index in [0.29, 0.717) is 62.3 Å². The van der Waals surface area contributed by atoms with E-state index in [1.165, 1.54) is 0 Å². The number of piperazine rings is 1. The molecule has 2 fully saturated rings. The van der Waals surface area contributed by atoms with Gasteiger partial charge < -0.3 is 24.3 Å². The van der Waals surface area contributed by atoms with Crippen LogP contribution in [0.5, 0.6) is 0 Å². The predicted octanol–water partition coefficient (Wildman–Crippen LogP) is 0.522. The molecule has 10 heteroatoms. The Labute approximate surface area is 156 Å². The van der Waals surface area contributed by atoms with E-state index in [1.807, 2.05) is 0 Å².